The number of likely N-dealkylation sites (tertiary alicyclic amines) is 3. The molecule has 4 heterocycles. The first-order valence-corrected chi connectivity index (χ1v) is 9.92. The highest BCUT2D eigenvalue weighted by Crippen LogP contribution is 2.44. The first kappa shape index (κ1) is 16.8. The van der Waals surface area contributed by atoms with Gasteiger partial charge in [-0.1, -0.05) is 18.2 Å². The number of fused-ring (bicyclic) bond motifs is 2. The van der Waals surface area contributed by atoms with Crippen LogP contribution in [0.4, 0.5) is 0 Å². The highest BCUT2D eigenvalue weighted by atomic mass is 16.2. The summed E-state index contributed by atoms with van der Waals surface area (Å²) in [7, 11) is 2.08. The lowest BCUT2D eigenvalue weighted by Crippen LogP contribution is -2.49. The molecule has 3 aliphatic rings. The van der Waals surface area contributed by atoms with Crippen LogP contribution < -0.4 is 0 Å². The Hall–Kier alpha value is -2.34. The highest BCUT2D eigenvalue weighted by molar-refractivity contribution is 5.99. The SMILES string of the molecule is CN1C[C@H]2CN(C(=O)c3cc4ccccc4[nH]3)C[C@@]2(C(=O)N2CCCC2)C1. The highest BCUT2D eigenvalue weighted by Gasteiger charge is 2.58. The third kappa shape index (κ3) is 2.57. The lowest BCUT2D eigenvalue weighted by Gasteiger charge is -2.32. The van der Waals surface area contributed by atoms with Gasteiger partial charge >= 0.3 is 0 Å². The number of carbonyl (C=O) groups excluding carboxylic acids is 2. The van der Waals surface area contributed by atoms with Gasteiger partial charge in [-0.3, -0.25) is 9.59 Å². The van der Waals surface area contributed by atoms with Gasteiger partial charge in [0.15, 0.2) is 0 Å². The zero-order valence-electron chi connectivity index (χ0n) is 15.8. The summed E-state index contributed by atoms with van der Waals surface area (Å²) in [6.45, 7) is 4.57. The molecule has 3 fully saturated rings. The predicted molar refractivity (Wildman–Crippen MR) is 103 cm³/mol. The standard InChI is InChI=1S/C21H26N4O2/c1-23-11-16-12-25(14-21(16,13-23)20(27)24-8-4-5-9-24)19(26)18-10-15-6-2-3-7-17(15)22-18/h2-3,6-7,10,16,22H,4-5,8-9,11-14H2,1H3/t16-,21-/m0/s1. The largest absolute Gasteiger partial charge is 0.351 e. The number of H-pyrrole nitrogens is 1. The molecule has 27 heavy (non-hydrogen) atoms. The van der Waals surface area contributed by atoms with Crippen LogP contribution in [0.1, 0.15) is 23.3 Å². The second-order valence-corrected chi connectivity index (χ2v) is 8.51. The molecule has 0 spiro atoms. The lowest BCUT2D eigenvalue weighted by atomic mass is 9.79. The van der Waals surface area contributed by atoms with Crippen molar-refractivity contribution in [1.82, 2.24) is 19.7 Å². The van der Waals surface area contributed by atoms with Gasteiger partial charge in [0.05, 0.1) is 5.41 Å². The van der Waals surface area contributed by atoms with E-state index in [-0.39, 0.29) is 17.7 Å². The Morgan fingerprint density at radius 3 is 2.63 bits per heavy atom. The minimum Gasteiger partial charge on any atom is -0.351 e. The Balaban J connectivity index is 1.42. The molecule has 2 aromatic rings. The first-order chi connectivity index (χ1) is 13.1. The maximum Gasteiger partial charge on any atom is 0.270 e. The van der Waals surface area contributed by atoms with Gasteiger partial charge in [-0.15, -0.1) is 0 Å². The molecule has 2 atom stereocenters. The molecule has 0 unspecified atom stereocenters. The summed E-state index contributed by atoms with van der Waals surface area (Å²) >= 11 is 0. The summed E-state index contributed by atoms with van der Waals surface area (Å²) in [5.41, 5.74) is 1.16. The fourth-order valence-corrected chi connectivity index (χ4v) is 5.37. The van der Waals surface area contributed by atoms with Gasteiger partial charge in [-0.2, -0.15) is 0 Å². The zero-order chi connectivity index (χ0) is 18.6. The Kier molecular flexibility index (Phi) is 3.79. The molecule has 1 aromatic heterocycles. The van der Waals surface area contributed by atoms with E-state index in [2.05, 4.69) is 16.9 Å². The molecule has 0 aliphatic carbocycles. The molecule has 6 heteroatoms. The number of carbonyl (C=O) groups is 2. The molecule has 142 valence electrons. The first-order valence-electron chi connectivity index (χ1n) is 9.92. The molecule has 1 N–H and O–H groups in total. The van der Waals surface area contributed by atoms with E-state index in [4.69, 9.17) is 0 Å². The number of nitrogens with zero attached hydrogens (tertiary/aromatic N) is 3. The summed E-state index contributed by atoms with van der Waals surface area (Å²) in [4.78, 5) is 36.0. The Labute approximate surface area is 159 Å². The molecule has 1 aromatic carbocycles. The molecule has 3 saturated heterocycles. The molecule has 0 radical (unpaired) electrons. The van der Waals surface area contributed by atoms with Crippen molar-refractivity contribution in [2.24, 2.45) is 11.3 Å². The van der Waals surface area contributed by atoms with Crippen LogP contribution in [0.25, 0.3) is 10.9 Å². The summed E-state index contributed by atoms with van der Waals surface area (Å²) < 4.78 is 0. The number of benzene rings is 1. The minimum absolute atomic E-state index is 0.0110. The van der Waals surface area contributed by atoms with Gasteiger partial charge in [0.2, 0.25) is 5.91 Å². The number of hydrogen-bond donors (Lipinski definition) is 1. The smallest absolute Gasteiger partial charge is 0.270 e. The number of hydrogen-bond acceptors (Lipinski definition) is 3. The maximum absolute atomic E-state index is 13.4. The Morgan fingerprint density at radius 2 is 1.85 bits per heavy atom. The van der Waals surface area contributed by atoms with Gasteiger partial charge in [-0.05, 0) is 32.0 Å². The average Bonchev–Trinajstić information content (AvgIpc) is 3.41. The van der Waals surface area contributed by atoms with Gasteiger partial charge in [0.25, 0.3) is 5.91 Å². The van der Waals surface area contributed by atoms with Crippen molar-refractivity contribution >= 4 is 22.7 Å². The summed E-state index contributed by atoms with van der Waals surface area (Å²) in [6.07, 6.45) is 2.19. The van der Waals surface area contributed by atoms with E-state index in [1.54, 1.807) is 0 Å². The number of amides is 2. The third-order valence-electron chi connectivity index (χ3n) is 6.65. The van der Waals surface area contributed by atoms with Crippen molar-refractivity contribution in [2.75, 3.05) is 46.3 Å². The van der Waals surface area contributed by atoms with Gasteiger partial charge in [0, 0.05) is 56.1 Å². The molecule has 5 rings (SSSR count). The van der Waals surface area contributed by atoms with E-state index < -0.39 is 5.41 Å². The quantitative estimate of drug-likeness (QED) is 0.882. The van der Waals surface area contributed by atoms with Crippen LogP contribution in [0.5, 0.6) is 0 Å². The number of aromatic nitrogens is 1. The van der Waals surface area contributed by atoms with Crippen LogP contribution in [0.3, 0.4) is 0 Å². The maximum atomic E-state index is 13.4. The normalized spacial score (nSPS) is 28.3. The second kappa shape index (κ2) is 6.09. The summed E-state index contributed by atoms with van der Waals surface area (Å²) in [5.74, 6) is 0.502. The minimum atomic E-state index is -0.430. The Bertz CT molecular complexity index is 867. The van der Waals surface area contributed by atoms with Crippen LogP contribution in [0.15, 0.2) is 30.3 Å². The predicted octanol–water partition coefficient (Wildman–Crippen LogP) is 1.79. The van der Waals surface area contributed by atoms with Crippen LogP contribution in [0.2, 0.25) is 0 Å². The topological polar surface area (TPSA) is 59.7 Å². The van der Waals surface area contributed by atoms with Crippen LogP contribution in [-0.2, 0) is 4.79 Å². The molecule has 3 aliphatic heterocycles. The third-order valence-corrected chi connectivity index (χ3v) is 6.65. The van der Waals surface area contributed by atoms with Crippen molar-refractivity contribution in [3.05, 3.63) is 36.0 Å². The van der Waals surface area contributed by atoms with Gasteiger partial charge in [0.1, 0.15) is 5.69 Å². The molecule has 0 bridgehead atoms. The van der Waals surface area contributed by atoms with Crippen LogP contribution in [0, 0.1) is 11.3 Å². The number of para-hydroxylation sites is 1. The van der Waals surface area contributed by atoms with Crippen LogP contribution in [-0.4, -0.2) is 77.8 Å². The van der Waals surface area contributed by atoms with E-state index in [1.807, 2.05) is 40.1 Å². The lowest BCUT2D eigenvalue weighted by molar-refractivity contribution is -0.141. The fraction of sp³-hybridized carbons (Fsp3) is 0.524. The number of nitrogens with one attached hydrogen (secondary N) is 1. The number of rotatable bonds is 2. The molecular formula is C21H26N4O2. The second-order valence-electron chi connectivity index (χ2n) is 8.51. The average molecular weight is 366 g/mol. The summed E-state index contributed by atoms with van der Waals surface area (Å²) in [5, 5.41) is 1.04. The van der Waals surface area contributed by atoms with Crippen molar-refractivity contribution in [1.29, 1.82) is 0 Å². The van der Waals surface area contributed by atoms with E-state index in [0.29, 0.717) is 18.8 Å². The monoisotopic (exact) mass is 366 g/mol. The van der Waals surface area contributed by atoms with Crippen molar-refractivity contribution < 1.29 is 9.59 Å². The fourth-order valence-electron chi connectivity index (χ4n) is 5.37. The molecule has 0 saturated carbocycles. The van der Waals surface area contributed by atoms with E-state index in [1.165, 1.54) is 0 Å². The van der Waals surface area contributed by atoms with Gasteiger partial charge in [-0.25, -0.2) is 0 Å². The van der Waals surface area contributed by atoms with Crippen molar-refractivity contribution in [2.45, 2.75) is 12.8 Å². The van der Waals surface area contributed by atoms with Crippen molar-refractivity contribution in [3.8, 4) is 0 Å². The molecule has 6 nitrogen and oxygen atoms in total. The molecule has 2 amide bonds. The van der Waals surface area contributed by atoms with Crippen LogP contribution >= 0.6 is 0 Å². The summed E-state index contributed by atoms with van der Waals surface area (Å²) in [6, 6.07) is 9.86. The zero-order valence-corrected chi connectivity index (χ0v) is 15.8. The van der Waals surface area contributed by atoms with Crippen molar-refractivity contribution in [3.63, 3.8) is 0 Å². The number of aromatic amines is 1. The molecular weight excluding hydrogens is 340 g/mol. The van der Waals surface area contributed by atoms with Gasteiger partial charge < -0.3 is 19.7 Å². The van der Waals surface area contributed by atoms with E-state index in [9.17, 15) is 9.59 Å². The van der Waals surface area contributed by atoms with E-state index in [0.717, 1.165) is 49.9 Å². The Morgan fingerprint density at radius 1 is 1.07 bits per heavy atom. The van der Waals surface area contributed by atoms with E-state index >= 15 is 0 Å².